The molecule has 0 spiro atoms. The lowest BCUT2D eigenvalue weighted by molar-refractivity contribution is 0.100. The first-order chi connectivity index (χ1) is 11.9. The Balaban J connectivity index is 2.17. The van der Waals surface area contributed by atoms with Crippen LogP contribution < -0.4 is 11.3 Å². The van der Waals surface area contributed by atoms with Gasteiger partial charge in [-0.1, -0.05) is 0 Å². The third-order valence-corrected chi connectivity index (χ3v) is 6.08. The summed E-state index contributed by atoms with van der Waals surface area (Å²) >= 11 is 1.20. The number of fused-ring (bicyclic) bond motifs is 1. The van der Waals surface area contributed by atoms with Crippen LogP contribution in [0, 0.1) is 6.92 Å². The van der Waals surface area contributed by atoms with Crippen LogP contribution in [0.3, 0.4) is 0 Å². The zero-order chi connectivity index (χ0) is 18.1. The first-order valence-corrected chi connectivity index (χ1v) is 9.27. The van der Waals surface area contributed by atoms with E-state index in [9.17, 15) is 9.59 Å². The number of methoxy groups -OCH3 is 1. The summed E-state index contributed by atoms with van der Waals surface area (Å²) in [4.78, 5) is 32.9. The number of likely N-dealkylation sites (tertiary alicyclic amines) is 1. The van der Waals surface area contributed by atoms with E-state index in [2.05, 4.69) is 11.9 Å². The van der Waals surface area contributed by atoms with Gasteiger partial charge in [0.05, 0.1) is 16.9 Å². The van der Waals surface area contributed by atoms with Crippen LogP contribution in [0.25, 0.3) is 10.2 Å². The van der Waals surface area contributed by atoms with Crippen LogP contribution in [-0.4, -0.2) is 54.2 Å². The molecule has 1 fully saturated rings. The van der Waals surface area contributed by atoms with Crippen molar-refractivity contribution < 1.29 is 9.53 Å². The highest BCUT2D eigenvalue weighted by Gasteiger charge is 2.26. The molecule has 2 N–H and O–H groups in total. The minimum atomic E-state index is -0.510. The van der Waals surface area contributed by atoms with E-state index in [1.807, 2.05) is 4.57 Å². The number of nitrogens with zero attached hydrogens (tertiary/aromatic N) is 3. The highest BCUT2D eigenvalue weighted by atomic mass is 32.1. The summed E-state index contributed by atoms with van der Waals surface area (Å²) in [6.45, 7) is 4.18. The molecule has 2 aromatic heterocycles. The maximum Gasteiger partial charge on any atom is 0.262 e. The number of nitrogens with two attached hydrogens (primary N) is 1. The summed E-state index contributed by atoms with van der Waals surface area (Å²) in [6.07, 6.45) is 2.39. The number of rotatable bonds is 5. The molecule has 1 aliphatic heterocycles. The first kappa shape index (κ1) is 18.0. The smallest absolute Gasteiger partial charge is 0.262 e. The monoisotopic (exact) mass is 364 g/mol. The fourth-order valence-electron chi connectivity index (χ4n) is 3.47. The Morgan fingerprint density at radius 1 is 1.40 bits per heavy atom. The number of aryl methyl sites for hydroxylation is 1. The molecule has 1 amide bonds. The second kappa shape index (κ2) is 7.23. The molecular weight excluding hydrogens is 340 g/mol. The molecule has 0 bridgehead atoms. The van der Waals surface area contributed by atoms with E-state index in [-0.39, 0.29) is 11.6 Å². The van der Waals surface area contributed by atoms with Crippen molar-refractivity contribution in [3.63, 3.8) is 0 Å². The van der Waals surface area contributed by atoms with Crippen molar-refractivity contribution in [2.24, 2.45) is 5.73 Å². The summed E-state index contributed by atoms with van der Waals surface area (Å²) in [5, 5.41) is 0.527. The molecular formula is C17H24N4O3S. The Bertz CT molecular complexity index is 850. The molecule has 1 aliphatic rings. The quantitative estimate of drug-likeness (QED) is 0.864. The standard InChI is InChI=1S/C17H24N4O3S/c1-10-13-16(25-14(10)15(18)22)19-12(6-9-24-3)21(17(13)23)11-4-7-20(2)8-5-11/h11H,4-9H2,1-3H3,(H2,18,22). The SMILES string of the molecule is COCCc1nc2sc(C(N)=O)c(C)c2c(=O)n1C1CCN(C)CC1. The molecule has 3 rings (SSSR count). The van der Waals surface area contributed by atoms with Gasteiger partial charge in [-0.3, -0.25) is 14.2 Å². The van der Waals surface area contributed by atoms with Crippen LogP contribution in [0.4, 0.5) is 0 Å². The third kappa shape index (κ3) is 3.33. The largest absolute Gasteiger partial charge is 0.384 e. The summed E-state index contributed by atoms with van der Waals surface area (Å²) in [6, 6.07) is 0.129. The second-order valence-corrected chi connectivity index (χ2v) is 7.58. The molecule has 8 heteroatoms. The average molecular weight is 364 g/mol. The topological polar surface area (TPSA) is 90.5 Å². The molecule has 0 aliphatic carbocycles. The van der Waals surface area contributed by atoms with Crippen molar-refractivity contribution in [1.82, 2.24) is 14.5 Å². The number of aromatic nitrogens is 2. The molecule has 0 radical (unpaired) electrons. The molecule has 2 aromatic rings. The maximum atomic E-state index is 13.3. The number of ether oxygens (including phenoxy) is 1. The summed E-state index contributed by atoms with van der Waals surface area (Å²) < 4.78 is 7.02. The Labute approximate surface area is 150 Å². The van der Waals surface area contributed by atoms with Crippen LogP contribution in [0.15, 0.2) is 4.79 Å². The van der Waals surface area contributed by atoms with Crippen LogP contribution in [0.5, 0.6) is 0 Å². The predicted molar refractivity (Wildman–Crippen MR) is 98.5 cm³/mol. The van der Waals surface area contributed by atoms with Gasteiger partial charge in [-0.2, -0.15) is 0 Å². The van der Waals surface area contributed by atoms with Crippen LogP contribution >= 0.6 is 11.3 Å². The number of thiophene rings is 1. The van der Waals surface area contributed by atoms with Crippen LogP contribution in [0.1, 0.15) is 39.9 Å². The number of primary amides is 1. The Hall–Kier alpha value is -1.77. The molecule has 0 aromatic carbocycles. The fourth-order valence-corrected chi connectivity index (χ4v) is 4.51. The van der Waals surface area contributed by atoms with Gasteiger partial charge < -0.3 is 15.4 Å². The lowest BCUT2D eigenvalue weighted by Gasteiger charge is -2.31. The van der Waals surface area contributed by atoms with E-state index in [0.29, 0.717) is 33.7 Å². The Morgan fingerprint density at radius 3 is 2.68 bits per heavy atom. The minimum Gasteiger partial charge on any atom is -0.384 e. The molecule has 0 atom stereocenters. The molecule has 1 saturated heterocycles. The lowest BCUT2D eigenvalue weighted by atomic mass is 10.0. The zero-order valence-electron chi connectivity index (χ0n) is 14.9. The molecule has 136 valence electrons. The number of amides is 1. The number of carbonyl (C=O) groups excluding carboxylic acids is 1. The van der Waals surface area contributed by atoms with Crippen LogP contribution in [-0.2, 0) is 11.2 Å². The van der Waals surface area contributed by atoms with E-state index in [4.69, 9.17) is 15.5 Å². The van der Waals surface area contributed by atoms with Crippen molar-refractivity contribution in [1.29, 1.82) is 0 Å². The number of hydrogen-bond donors (Lipinski definition) is 1. The highest BCUT2D eigenvalue weighted by molar-refractivity contribution is 7.20. The van der Waals surface area contributed by atoms with Gasteiger partial charge in [0, 0.05) is 19.6 Å². The minimum absolute atomic E-state index is 0.0630. The molecule has 0 saturated carbocycles. The van der Waals surface area contributed by atoms with Crippen LogP contribution in [0.2, 0.25) is 0 Å². The maximum absolute atomic E-state index is 13.3. The first-order valence-electron chi connectivity index (χ1n) is 8.45. The zero-order valence-corrected chi connectivity index (χ0v) is 15.7. The molecule has 25 heavy (non-hydrogen) atoms. The van der Waals surface area contributed by atoms with Gasteiger partial charge in [-0.25, -0.2) is 4.98 Å². The van der Waals surface area contributed by atoms with E-state index in [1.165, 1.54) is 11.3 Å². The molecule has 0 unspecified atom stereocenters. The predicted octanol–water partition coefficient (Wildman–Crippen LogP) is 1.32. The van der Waals surface area contributed by atoms with Gasteiger partial charge in [0.25, 0.3) is 11.5 Å². The van der Waals surface area contributed by atoms with Crippen molar-refractivity contribution in [3.05, 3.63) is 26.6 Å². The Morgan fingerprint density at radius 2 is 2.08 bits per heavy atom. The van der Waals surface area contributed by atoms with Gasteiger partial charge in [0.1, 0.15) is 10.7 Å². The van der Waals surface area contributed by atoms with Gasteiger partial charge in [-0.05, 0) is 45.5 Å². The van der Waals surface area contributed by atoms with Crippen molar-refractivity contribution in [2.75, 3.05) is 33.9 Å². The normalized spacial score (nSPS) is 16.6. The summed E-state index contributed by atoms with van der Waals surface area (Å²) in [5.41, 5.74) is 6.03. The number of carbonyl (C=O) groups is 1. The third-order valence-electron chi connectivity index (χ3n) is 4.88. The van der Waals surface area contributed by atoms with Gasteiger partial charge in [-0.15, -0.1) is 11.3 Å². The van der Waals surface area contributed by atoms with E-state index in [0.717, 1.165) is 31.8 Å². The van der Waals surface area contributed by atoms with Gasteiger partial charge >= 0.3 is 0 Å². The van der Waals surface area contributed by atoms with Crippen molar-refractivity contribution in [3.8, 4) is 0 Å². The van der Waals surface area contributed by atoms with Crippen molar-refractivity contribution >= 4 is 27.5 Å². The second-order valence-electron chi connectivity index (χ2n) is 6.58. The van der Waals surface area contributed by atoms with E-state index < -0.39 is 5.91 Å². The highest BCUT2D eigenvalue weighted by Crippen LogP contribution is 2.29. The van der Waals surface area contributed by atoms with E-state index >= 15 is 0 Å². The summed E-state index contributed by atoms with van der Waals surface area (Å²) in [5.74, 6) is 0.218. The molecule has 7 nitrogen and oxygen atoms in total. The van der Waals surface area contributed by atoms with E-state index in [1.54, 1.807) is 14.0 Å². The van der Waals surface area contributed by atoms with Gasteiger partial charge in [0.2, 0.25) is 0 Å². The lowest BCUT2D eigenvalue weighted by Crippen LogP contribution is -2.37. The van der Waals surface area contributed by atoms with Gasteiger partial charge in [0.15, 0.2) is 0 Å². The fraction of sp³-hybridized carbons (Fsp3) is 0.588. The average Bonchev–Trinajstić information content (AvgIpc) is 2.91. The Kier molecular flexibility index (Phi) is 5.21. The molecule has 3 heterocycles. The summed E-state index contributed by atoms with van der Waals surface area (Å²) in [7, 11) is 3.73. The number of hydrogen-bond acceptors (Lipinski definition) is 6. The van der Waals surface area contributed by atoms with Crippen molar-refractivity contribution in [2.45, 2.75) is 32.2 Å². The number of piperidine rings is 1.